The van der Waals surface area contributed by atoms with E-state index in [1.807, 2.05) is 0 Å². The Balaban J connectivity index is 3.87. The lowest BCUT2D eigenvalue weighted by Crippen LogP contribution is -2.39. The van der Waals surface area contributed by atoms with Gasteiger partial charge in [-0.3, -0.25) is 9.59 Å². The second-order valence-electron chi connectivity index (χ2n) is 2.17. The van der Waals surface area contributed by atoms with Gasteiger partial charge < -0.3 is 15.5 Å². The third-order valence-corrected chi connectivity index (χ3v) is 1.40. The van der Waals surface area contributed by atoms with Crippen LogP contribution in [0.3, 0.4) is 0 Å². The highest BCUT2D eigenvalue weighted by molar-refractivity contribution is 7.80. The molecule has 0 fully saturated rings. The summed E-state index contributed by atoms with van der Waals surface area (Å²) in [6.45, 7) is 0.382. The number of hydrogen-bond acceptors (Lipinski definition) is 4. The van der Waals surface area contributed by atoms with Gasteiger partial charge in [0.2, 0.25) is 0 Å². The summed E-state index contributed by atoms with van der Waals surface area (Å²) in [4.78, 5) is 20.5. The molecule has 0 aliphatic carbocycles. The van der Waals surface area contributed by atoms with E-state index in [0.29, 0.717) is 12.3 Å². The van der Waals surface area contributed by atoms with Crippen molar-refractivity contribution in [2.75, 3.05) is 12.3 Å². The van der Waals surface area contributed by atoms with Gasteiger partial charge in [-0.2, -0.15) is 12.6 Å². The molecule has 0 heterocycles. The van der Waals surface area contributed by atoms with Crippen molar-refractivity contribution in [2.45, 2.75) is 12.5 Å². The fourth-order valence-electron chi connectivity index (χ4n) is 0.660. The van der Waals surface area contributed by atoms with Gasteiger partial charge in [-0.15, -0.1) is 0 Å². The Hall–Kier alpha value is -0.750. The normalized spacial score (nSPS) is 12.4. The Morgan fingerprint density at radius 1 is 1.42 bits per heavy atom. The van der Waals surface area contributed by atoms with Crippen molar-refractivity contribution in [3.63, 3.8) is 0 Å². The molecule has 1 atom stereocenters. The molecule has 0 aliphatic heterocycles. The van der Waals surface area contributed by atoms with Crippen LogP contribution in [0.5, 0.6) is 0 Å². The van der Waals surface area contributed by atoms with Crippen LogP contribution in [0.1, 0.15) is 6.42 Å². The number of nitrogens with one attached hydrogen (secondary N) is 1. The molecular formula is C6H11NO4S. The zero-order chi connectivity index (χ0) is 9.56. The molecule has 3 N–H and O–H groups in total. The highest BCUT2D eigenvalue weighted by Crippen LogP contribution is 1.92. The highest BCUT2D eigenvalue weighted by atomic mass is 32.1. The van der Waals surface area contributed by atoms with E-state index in [2.05, 4.69) is 17.9 Å². The smallest absolute Gasteiger partial charge is 0.321 e. The van der Waals surface area contributed by atoms with Gasteiger partial charge in [0.1, 0.15) is 6.04 Å². The highest BCUT2D eigenvalue weighted by Gasteiger charge is 2.19. The van der Waals surface area contributed by atoms with Crippen LogP contribution in [0, 0.1) is 0 Å². The van der Waals surface area contributed by atoms with Crippen molar-refractivity contribution in [1.82, 2.24) is 5.32 Å². The molecule has 0 radical (unpaired) electrons. The summed E-state index contributed by atoms with van der Waals surface area (Å²) < 4.78 is 0. The molecule has 0 aromatic rings. The Bertz CT molecular complexity index is 173. The summed E-state index contributed by atoms with van der Waals surface area (Å²) in [6.07, 6.45) is -0.414. The van der Waals surface area contributed by atoms with E-state index in [1.54, 1.807) is 0 Å². The molecule has 0 saturated heterocycles. The average Bonchev–Trinajstić information content (AvgIpc) is 1.96. The molecule has 70 valence electrons. The summed E-state index contributed by atoms with van der Waals surface area (Å²) in [5, 5.41) is 19.4. The van der Waals surface area contributed by atoms with E-state index in [1.165, 1.54) is 0 Å². The van der Waals surface area contributed by atoms with Crippen LogP contribution in [0.2, 0.25) is 0 Å². The number of thiol groups is 1. The monoisotopic (exact) mass is 193 g/mol. The minimum Gasteiger partial charge on any atom is -0.481 e. The third-order valence-electron chi connectivity index (χ3n) is 1.18. The molecule has 12 heavy (non-hydrogen) atoms. The molecule has 6 heteroatoms. The topological polar surface area (TPSA) is 86.6 Å². The number of rotatable bonds is 6. The van der Waals surface area contributed by atoms with E-state index in [0.717, 1.165) is 0 Å². The van der Waals surface area contributed by atoms with Crippen LogP contribution < -0.4 is 5.32 Å². The number of carbonyl (C=O) groups is 2. The van der Waals surface area contributed by atoms with Gasteiger partial charge in [-0.1, -0.05) is 0 Å². The summed E-state index contributed by atoms with van der Waals surface area (Å²) in [5.74, 6) is -1.81. The van der Waals surface area contributed by atoms with E-state index in [9.17, 15) is 9.59 Å². The summed E-state index contributed by atoms with van der Waals surface area (Å²) >= 11 is 3.85. The van der Waals surface area contributed by atoms with Crippen molar-refractivity contribution in [2.24, 2.45) is 0 Å². The molecular weight excluding hydrogens is 182 g/mol. The van der Waals surface area contributed by atoms with Gasteiger partial charge in [-0.05, 0) is 0 Å². The third kappa shape index (κ3) is 4.97. The standard InChI is InChI=1S/C6H11NO4S/c8-5(9)3-4(6(10)11)7-1-2-12/h4,7,12H,1-3H2,(H,8,9)(H,10,11). The molecule has 1 unspecified atom stereocenters. The second kappa shape index (κ2) is 5.84. The van der Waals surface area contributed by atoms with Crippen LogP contribution in [0.4, 0.5) is 0 Å². The van der Waals surface area contributed by atoms with Crippen molar-refractivity contribution >= 4 is 24.6 Å². The van der Waals surface area contributed by atoms with E-state index >= 15 is 0 Å². The lowest BCUT2D eigenvalue weighted by molar-refractivity contribution is -0.145. The predicted octanol–water partition coefficient (Wildman–Crippen LogP) is -0.566. The molecule has 5 nitrogen and oxygen atoms in total. The summed E-state index contributed by atoms with van der Waals surface area (Å²) in [5.41, 5.74) is 0. The van der Waals surface area contributed by atoms with Crippen molar-refractivity contribution in [3.05, 3.63) is 0 Å². The molecule has 0 bridgehead atoms. The SMILES string of the molecule is O=C(O)CC(NCCS)C(=O)O. The molecule has 0 amide bonds. The van der Waals surface area contributed by atoms with Gasteiger partial charge in [0.05, 0.1) is 6.42 Å². The second-order valence-corrected chi connectivity index (χ2v) is 2.61. The zero-order valence-electron chi connectivity index (χ0n) is 6.36. The minimum atomic E-state index is -1.15. The first-order valence-corrected chi connectivity index (χ1v) is 4.00. The molecule has 0 aromatic heterocycles. The number of aliphatic carboxylic acids is 2. The van der Waals surface area contributed by atoms with Crippen molar-refractivity contribution < 1.29 is 19.8 Å². The maximum atomic E-state index is 10.4. The Kier molecular flexibility index (Phi) is 5.48. The summed E-state index contributed by atoms with van der Waals surface area (Å²) in [6, 6.07) is -1.02. The van der Waals surface area contributed by atoms with Gasteiger partial charge in [-0.25, -0.2) is 0 Å². The molecule has 0 aliphatic rings. The lowest BCUT2D eigenvalue weighted by Gasteiger charge is -2.10. The lowest BCUT2D eigenvalue weighted by atomic mass is 10.2. The average molecular weight is 193 g/mol. The molecule has 0 saturated carbocycles. The minimum absolute atomic E-state index is 0.382. The largest absolute Gasteiger partial charge is 0.481 e. The fourth-order valence-corrected chi connectivity index (χ4v) is 0.789. The van der Waals surface area contributed by atoms with Gasteiger partial charge in [0.25, 0.3) is 0 Å². The Morgan fingerprint density at radius 3 is 2.33 bits per heavy atom. The zero-order valence-corrected chi connectivity index (χ0v) is 7.25. The van der Waals surface area contributed by atoms with E-state index < -0.39 is 24.4 Å². The quantitative estimate of drug-likeness (QED) is 0.424. The molecule has 0 rings (SSSR count). The maximum absolute atomic E-state index is 10.4. The van der Waals surface area contributed by atoms with Crippen molar-refractivity contribution in [1.29, 1.82) is 0 Å². The summed E-state index contributed by atoms with van der Waals surface area (Å²) in [7, 11) is 0. The van der Waals surface area contributed by atoms with Gasteiger partial charge in [0, 0.05) is 12.3 Å². The maximum Gasteiger partial charge on any atom is 0.321 e. The Labute approximate surface area is 75.2 Å². The number of carboxylic acid groups (broad SMARTS) is 2. The Morgan fingerprint density at radius 2 is 2.00 bits per heavy atom. The first-order chi connectivity index (χ1) is 5.57. The van der Waals surface area contributed by atoms with Crippen molar-refractivity contribution in [3.8, 4) is 0 Å². The first kappa shape index (κ1) is 11.2. The predicted molar refractivity (Wildman–Crippen MR) is 45.5 cm³/mol. The van der Waals surface area contributed by atoms with Gasteiger partial charge in [0.15, 0.2) is 0 Å². The number of carboxylic acids is 2. The van der Waals surface area contributed by atoms with Crippen LogP contribution in [-0.2, 0) is 9.59 Å². The van der Waals surface area contributed by atoms with Crippen LogP contribution in [0.15, 0.2) is 0 Å². The van der Waals surface area contributed by atoms with Crippen LogP contribution in [-0.4, -0.2) is 40.5 Å². The van der Waals surface area contributed by atoms with E-state index in [-0.39, 0.29) is 0 Å². The first-order valence-electron chi connectivity index (χ1n) is 3.36. The molecule has 0 spiro atoms. The molecule has 0 aromatic carbocycles. The van der Waals surface area contributed by atoms with Crippen LogP contribution in [0.25, 0.3) is 0 Å². The van der Waals surface area contributed by atoms with Crippen LogP contribution >= 0.6 is 12.6 Å². The number of hydrogen-bond donors (Lipinski definition) is 4. The van der Waals surface area contributed by atoms with Gasteiger partial charge >= 0.3 is 11.9 Å². The van der Waals surface area contributed by atoms with E-state index in [4.69, 9.17) is 10.2 Å². The fraction of sp³-hybridized carbons (Fsp3) is 0.667.